The molecule has 0 spiro atoms. The molecule has 0 unspecified atom stereocenters. The zero-order chi connectivity index (χ0) is 20.9. The Kier molecular flexibility index (Phi) is 6.43. The van der Waals surface area contributed by atoms with Gasteiger partial charge in [-0.2, -0.15) is 0 Å². The third-order valence-corrected chi connectivity index (χ3v) is 6.23. The molecular weight excluding hydrogens is 381 g/mol. The van der Waals surface area contributed by atoms with Gasteiger partial charge in [0.25, 0.3) is 0 Å². The molecule has 2 aromatic rings. The summed E-state index contributed by atoms with van der Waals surface area (Å²) in [5.41, 5.74) is 2.32. The molecule has 0 aliphatic carbocycles. The molecule has 2 fully saturated rings. The average Bonchev–Trinajstić information content (AvgIpc) is 3.15. The summed E-state index contributed by atoms with van der Waals surface area (Å²) in [6.45, 7) is 5.44. The van der Waals surface area contributed by atoms with E-state index >= 15 is 0 Å². The molecule has 1 N–H and O–H groups in total. The van der Waals surface area contributed by atoms with Gasteiger partial charge in [0, 0.05) is 25.1 Å². The summed E-state index contributed by atoms with van der Waals surface area (Å²) in [6, 6.07) is 16.8. The van der Waals surface area contributed by atoms with E-state index in [2.05, 4.69) is 24.3 Å². The Balaban J connectivity index is 1.24. The topological polar surface area (TPSA) is 45.1 Å². The summed E-state index contributed by atoms with van der Waals surface area (Å²) >= 11 is 0. The first-order chi connectivity index (χ1) is 14.6. The van der Waals surface area contributed by atoms with Crippen molar-refractivity contribution in [2.24, 2.45) is 5.92 Å². The fourth-order valence-electron chi connectivity index (χ4n) is 4.43. The summed E-state index contributed by atoms with van der Waals surface area (Å²) in [4.78, 5) is 30.6. The van der Waals surface area contributed by atoms with Crippen LogP contribution in [0.5, 0.6) is 0 Å². The second-order valence-electron chi connectivity index (χ2n) is 8.35. The SMILES string of the molecule is O=C1C[C@H](C(=O)N2CC[NH+](Cc3ccccc3)CC2)CN1CCc1ccc(F)cc1. The van der Waals surface area contributed by atoms with E-state index in [-0.39, 0.29) is 23.5 Å². The van der Waals surface area contributed by atoms with Crippen LogP contribution in [0, 0.1) is 11.7 Å². The van der Waals surface area contributed by atoms with Crippen molar-refractivity contribution in [2.75, 3.05) is 39.3 Å². The van der Waals surface area contributed by atoms with Crippen LogP contribution < -0.4 is 4.90 Å². The van der Waals surface area contributed by atoms with Crippen LogP contribution in [0.3, 0.4) is 0 Å². The number of hydrogen-bond acceptors (Lipinski definition) is 2. The van der Waals surface area contributed by atoms with Crippen LogP contribution in [0.1, 0.15) is 17.5 Å². The Labute approximate surface area is 177 Å². The van der Waals surface area contributed by atoms with Crippen molar-refractivity contribution in [3.8, 4) is 0 Å². The molecule has 2 amide bonds. The Morgan fingerprint density at radius 1 is 1.00 bits per heavy atom. The van der Waals surface area contributed by atoms with Gasteiger partial charge in [-0.15, -0.1) is 0 Å². The molecule has 2 heterocycles. The lowest BCUT2D eigenvalue weighted by Gasteiger charge is -2.33. The first-order valence-electron chi connectivity index (χ1n) is 10.8. The highest BCUT2D eigenvalue weighted by atomic mass is 19.1. The summed E-state index contributed by atoms with van der Waals surface area (Å²) in [5.74, 6) is -0.330. The van der Waals surface area contributed by atoms with Crippen molar-refractivity contribution >= 4 is 11.8 Å². The predicted molar refractivity (Wildman–Crippen MR) is 112 cm³/mol. The second kappa shape index (κ2) is 9.39. The van der Waals surface area contributed by atoms with Gasteiger partial charge in [0.05, 0.1) is 32.1 Å². The lowest BCUT2D eigenvalue weighted by atomic mass is 10.1. The van der Waals surface area contributed by atoms with Gasteiger partial charge in [0.1, 0.15) is 12.4 Å². The largest absolute Gasteiger partial charge is 0.342 e. The van der Waals surface area contributed by atoms with Crippen molar-refractivity contribution in [2.45, 2.75) is 19.4 Å². The number of likely N-dealkylation sites (tertiary alicyclic amines) is 1. The first kappa shape index (κ1) is 20.5. The van der Waals surface area contributed by atoms with E-state index in [0.29, 0.717) is 25.9 Å². The molecule has 158 valence electrons. The third-order valence-electron chi connectivity index (χ3n) is 6.23. The Bertz CT molecular complexity index is 864. The van der Waals surface area contributed by atoms with E-state index in [4.69, 9.17) is 0 Å². The fourth-order valence-corrected chi connectivity index (χ4v) is 4.43. The molecule has 2 aliphatic rings. The maximum absolute atomic E-state index is 13.0. The van der Waals surface area contributed by atoms with E-state index in [1.165, 1.54) is 22.6 Å². The number of carbonyl (C=O) groups is 2. The van der Waals surface area contributed by atoms with Gasteiger partial charge < -0.3 is 14.7 Å². The van der Waals surface area contributed by atoms with Gasteiger partial charge in [-0.3, -0.25) is 9.59 Å². The number of rotatable bonds is 6. The van der Waals surface area contributed by atoms with Crippen molar-refractivity contribution in [1.29, 1.82) is 0 Å². The van der Waals surface area contributed by atoms with E-state index in [1.807, 2.05) is 11.0 Å². The molecule has 0 saturated carbocycles. The predicted octanol–water partition coefficient (Wildman–Crippen LogP) is 1.14. The smallest absolute Gasteiger partial charge is 0.228 e. The minimum absolute atomic E-state index is 0.0452. The van der Waals surface area contributed by atoms with Crippen molar-refractivity contribution in [3.63, 3.8) is 0 Å². The van der Waals surface area contributed by atoms with Crippen molar-refractivity contribution in [1.82, 2.24) is 9.80 Å². The lowest BCUT2D eigenvalue weighted by molar-refractivity contribution is -0.917. The first-order valence-corrected chi connectivity index (χ1v) is 10.8. The number of carbonyl (C=O) groups excluding carboxylic acids is 2. The fraction of sp³-hybridized carbons (Fsp3) is 0.417. The second-order valence-corrected chi connectivity index (χ2v) is 8.35. The number of halogens is 1. The number of hydrogen-bond donors (Lipinski definition) is 1. The number of quaternary nitrogens is 1. The molecule has 0 bridgehead atoms. The van der Waals surface area contributed by atoms with Gasteiger partial charge in [-0.05, 0) is 24.1 Å². The van der Waals surface area contributed by atoms with E-state index in [9.17, 15) is 14.0 Å². The van der Waals surface area contributed by atoms with Crippen molar-refractivity contribution < 1.29 is 18.9 Å². The van der Waals surface area contributed by atoms with Crippen LogP contribution in [-0.2, 0) is 22.6 Å². The zero-order valence-electron chi connectivity index (χ0n) is 17.2. The highest BCUT2D eigenvalue weighted by Crippen LogP contribution is 2.21. The highest BCUT2D eigenvalue weighted by molar-refractivity contribution is 5.89. The molecule has 0 aromatic heterocycles. The van der Waals surface area contributed by atoms with Gasteiger partial charge >= 0.3 is 0 Å². The zero-order valence-corrected chi connectivity index (χ0v) is 17.2. The number of piperazine rings is 1. The van der Waals surface area contributed by atoms with Crippen molar-refractivity contribution in [3.05, 3.63) is 71.5 Å². The maximum Gasteiger partial charge on any atom is 0.228 e. The molecule has 0 radical (unpaired) electrons. The number of amides is 2. The van der Waals surface area contributed by atoms with Gasteiger partial charge in [-0.1, -0.05) is 42.5 Å². The molecule has 4 rings (SSSR count). The Hall–Kier alpha value is -2.73. The van der Waals surface area contributed by atoms with Crippen LogP contribution >= 0.6 is 0 Å². The average molecular weight is 411 g/mol. The minimum atomic E-state index is -0.257. The molecule has 2 aromatic carbocycles. The summed E-state index contributed by atoms with van der Waals surface area (Å²) in [5, 5.41) is 0. The quantitative estimate of drug-likeness (QED) is 0.777. The monoisotopic (exact) mass is 410 g/mol. The van der Waals surface area contributed by atoms with E-state index in [0.717, 1.165) is 38.3 Å². The van der Waals surface area contributed by atoms with Gasteiger partial charge in [0.15, 0.2) is 0 Å². The third kappa shape index (κ3) is 5.05. The molecular formula is C24H29FN3O2+. The number of nitrogens with zero attached hydrogens (tertiary/aromatic N) is 2. The normalized spacial score (nSPS) is 20.0. The number of benzene rings is 2. The molecule has 30 heavy (non-hydrogen) atoms. The van der Waals surface area contributed by atoms with Crippen LogP contribution in [0.4, 0.5) is 4.39 Å². The Morgan fingerprint density at radius 2 is 1.70 bits per heavy atom. The number of nitrogens with one attached hydrogen (secondary N) is 1. The van der Waals surface area contributed by atoms with E-state index in [1.54, 1.807) is 17.0 Å². The minimum Gasteiger partial charge on any atom is -0.342 e. The molecule has 1 atom stereocenters. The van der Waals surface area contributed by atoms with Gasteiger partial charge in [0.2, 0.25) is 11.8 Å². The molecule has 5 nitrogen and oxygen atoms in total. The Morgan fingerprint density at radius 3 is 2.40 bits per heavy atom. The van der Waals surface area contributed by atoms with Gasteiger partial charge in [-0.25, -0.2) is 4.39 Å². The summed E-state index contributed by atoms with van der Waals surface area (Å²) < 4.78 is 13.0. The standard InChI is InChI=1S/C24H28FN3O2/c25-22-8-6-19(7-9-22)10-11-28-18-21(16-23(28)29)24(30)27-14-12-26(13-15-27)17-20-4-2-1-3-5-20/h1-9,21H,10-18H2/p+1/t21-/m0/s1. The molecule has 6 heteroatoms. The summed E-state index contributed by atoms with van der Waals surface area (Å²) in [6.07, 6.45) is 0.980. The van der Waals surface area contributed by atoms with Crippen LogP contribution in [0.25, 0.3) is 0 Å². The summed E-state index contributed by atoms with van der Waals surface area (Å²) in [7, 11) is 0. The van der Waals surface area contributed by atoms with Crippen LogP contribution in [0.2, 0.25) is 0 Å². The van der Waals surface area contributed by atoms with E-state index < -0.39 is 0 Å². The lowest BCUT2D eigenvalue weighted by Crippen LogP contribution is -3.13. The van der Waals surface area contributed by atoms with Crippen LogP contribution in [0.15, 0.2) is 54.6 Å². The molecule has 2 aliphatic heterocycles. The highest BCUT2D eigenvalue weighted by Gasteiger charge is 2.37. The maximum atomic E-state index is 13.0. The molecule has 2 saturated heterocycles. The van der Waals surface area contributed by atoms with Crippen LogP contribution in [-0.4, -0.2) is 60.9 Å².